The molecule has 0 radical (unpaired) electrons. The standard InChI is InChI=1S/C23H20ClF2N5O2/c24-14-11-28-21(22(33)27-8-9-32)29-20(14)23-6-4-12(5-7-23)13-10-17(30-31-19(13)23)18-15(25)2-1-3-16(18)26/h1-3,10-12,32H,4-9H2,(H,27,33)/t12-,23-. The quantitative estimate of drug-likeness (QED) is 0.590. The van der Waals surface area contributed by atoms with E-state index in [-0.39, 0.29) is 36.2 Å². The molecular weight excluding hydrogens is 452 g/mol. The lowest BCUT2D eigenvalue weighted by Gasteiger charge is -2.46. The normalized spacial score (nSPS) is 21.0. The van der Waals surface area contributed by atoms with Crippen LogP contribution in [0.4, 0.5) is 8.78 Å². The van der Waals surface area contributed by atoms with Gasteiger partial charge in [0.25, 0.3) is 5.91 Å². The van der Waals surface area contributed by atoms with Gasteiger partial charge in [0.05, 0.1) is 45.9 Å². The Hall–Kier alpha value is -3.04. The van der Waals surface area contributed by atoms with Gasteiger partial charge in [0, 0.05) is 6.54 Å². The summed E-state index contributed by atoms with van der Waals surface area (Å²) in [6, 6.07) is 5.41. The molecule has 3 aromatic rings. The molecule has 2 heterocycles. The number of amides is 1. The number of benzene rings is 1. The molecule has 0 saturated heterocycles. The summed E-state index contributed by atoms with van der Waals surface area (Å²) in [5.41, 5.74) is 1.31. The fraction of sp³-hybridized carbons (Fsp3) is 0.348. The summed E-state index contributed by atoms with van der Waals surface area (Å²) in [7, 11) is 0. The SMILES string of the molecule is O=C(NCCO)c1ncc(Cl)c([C@]23CC[C@H](CC2)c2cc(-c4c(F)cccc4F)nnc23)n1. The molecule has 2 N–H and O–H groups in total. The van der Waals surface area contributed by atoms with E-state index in [1.54, 1.807) is 6.07 Å². The molecule has 0 aliphatic heterocycles. The lowest BCUT2D eigenvalue weighted by Crippen LogP contribution is -2.42. The average Bonchev–Trinajstić information content (AvgIpc) is 2.83. The van der Waals surface area contributed by atoms with Crippen molar-refractivity contribution in [2.45, 2.75) is 37.0 Å². The minimum absolute atomic E-state index is 0.0514. The van der Waals surface area contributed by atoms with E-state index in [9.17, 15) is 13.6 Å². The first-order chi connectivity index (χ1) is 15.9. The number of hydrogen-bond acceptors (Lipinski definition) is 6. The van der Waals surface area contributed by atoms with Gasteiger partial charge in [-0.1, -0.05) is 17.7 Å². The van der Waals surface area contributed by atoms with Crippen LogP contribution in [-0.4, -0.2) is 44.3 Å². The van der Waals surface area contributed by atoms with E-state index >= 15 is 0 Å². The largest absolute Gasteiger partial charge is 0.395 e. The fourth-order valence-corrected chi connectivity index (χ4v) is 5.29. The third-order valence-electron chi connectivity index (χ3n) is 6.57. The number of rotatable bonds is 5. The van der Waals surface area contributed by atoms with Crippen molar-refractivity contribution in [2.24, 2.45) is 0 Å². The Morgan fingerprint density at radius 3 is 2.61 bits per heavy atom. The van der Waals surface area contributed by atoms with Gasteiger partial charge in [0.15, 0.2) is 0 Å². The summed E-state index contributed by atoms with van der Waals surface area (Å²) in [5.74, 6) is -1.77. The molecule has 6 rings (SSSR count). The molecule has 0 unspecified atom stereocenters. The lowest BCUT2D eigenvalue weighted by molar-refractivity contribution is 0.0933. The number of nitrogens with one attached hydrogen (secondary N) is 1. The monoisotopic (exact) mass is 471 g/mol. The Labute approximate surface area is 193 Å². The minimum atomic E-state index is -0.697. The Kier molecular flexibility index (Phi) is 5.54. The van der Waals surface area contributed by atoms with E-state index in [1.807, 2.05) is 0 Å². The maximum Gasteiger partial charge on any atom is 0.289 e. The van der Waals surface area contributed by atoms with Crippen LogP contribution in [-0.2, 0) is 5.41 Å². The molecule has 1 fully saturated rings. The van der Waals surface area contributed by atoms with E-state index < -0.39 is 23.0 Å². The van der Waals surface area contributed by atoms with E-state index in [2.05, 4.69) is 25.5 Å². The predicted molar refractivity (Wildman–Crippen MR) is 116 cm³/mol. The first kappa shape index (κ1) is 21.8. The van der Waals surface area contributed by atoms with Gasteiger partial charge in [-0.3, -0.25) is 4.79 Å². The van der Waals surface area contributed by atoms with Crippen molar-refractivity contribution in [3.63, 3.8) is 0 Å². The van der Waals surface area contributed by atoms with Gasteiger partial charge < -0.3 is 10.4 Å². The van der Waals surface area contributed by atoms with Crippen molar-refractivity contribution < 1.29 is 18.7 Å². The Balaban J connectivity index is 1.62. The molecule has 2 aromatic heterocycles. The maximum atomic E-state index is 14.4. The van der Waals surface area contributed by atoms with Crippen LogP contribution in [0.3, 0.4) is 0 Å². The third-order valence-corrected chi connectivity index (χ3v) is 6.85. The summed E-state index contributed by atoms with van der Waals surface area (Å²) in [5, 5.41) is 20.4. The Bertz CT molecular complexity index is 1230. The molecular formula is C23H20ClF2N5O2. The van der Waals surface area contributed by atoms with Gasteiger partial charge >= 0.3 is 0 Å². The highest BCUT2D eigenvalue weighted by Gasteiger charge is 2.50. The van der Waals surface area contributed by atoms with Gasteiger partial charge in [-0.25, -0.2) is 18.7 Å². The van der Waals surface area contributed by atoms with Crippen molar-refractivity contribution in [1.82, 2.24) is 25.5 Å². The average molecular weight is 472 g/mol. The summed E-state index contributed by atoms with van der Waals surface area (Å²) in [6.07, 6.45) is 4.46. The molecule has 33 heavy (non-hydrogen) atoms. The van der Waals surface area contributed by atoms with Crippen molar-refractivity contribution in [3.8, 4) is 11.3 Å². The topological polar surface area (TPSA) is 101 Å². The molecule has 170 valence electrons. The molecule has 0 atom stereocenters. The van der Waals surface area contributed by atoms with Gasteiger partial charge in [0.1, 0.15) is 11.6 Å². The lowest BCUT2D eigenvalue weighted by atomic mass is 9.58. The van der Waals surface area contributed by atoms with Crippen LogP contribution >= 0.6 is 11.6 Å². The van der Waals surface area contributed by atoms with Gasteiger partial charge in [-0.2, -0.15) is 5.10 Å². The predicted octanol–water partition coefficient (Wildman–Crippen LogP) is 3.54. The molecule has 1 saturated carbocycles. The second kappa shape index (κ2) is 8.39. The number of aromatic nitrogens is 4. The number of carbonyl (C=O) groups excluding carboxylic acids is 1. The summed E-state index contributed by atoms with van der Waals surface area (Å²) in [4.78, 5) is 20.9. The number of fused-ring (bicyclic) bond motifs is 2. The van der Waals surface area contributed by atoms with E-state index in [1.165, 1.54) is 24.4 Å². The van der Waals surface area contributed by atoms with Gasteiger partial charge in [-0.15, -0.1) is 5.10 Å². The fourth-order valence-electron chi connectivity index (χ4n) is 5.02. The minimum Gasteiger partial charge on any atom is -0.395 e. The zero-order valence-corrected chi connectivity index (χ0v) is 18.2. The van der Waals surface area contributed by atoms with E-state index in [4.69, 9.17) is 16.7 Å². The second-order valence-electron chi connectivity index (χ2n) is 8.36. The molecule has 1 amide bonds. The zero-order valence-electron chi connectivity index (χ0n) is 17.5. The van der Waals surface area contributed by atoms with Crippen LogP contribution in [0.5, 0.6) is 0 Å². The van der Waals surface area contributed by atoms with Crippen molar-refractivity contribution in [1.29, 1.82) is 0 Å². The highest BCUT2D eigenvalue weighted by atomic mass is 35.5. The van der Waals surface area contributed by atoms with Gasteiger partial charge in [0.2, 0.25) is 5.82 Å². The molecule has 0 spiro atoms. The number of carbonyl (C=O) groups is 1. The van der Waals surface area contributed by atoms with Crippen LogP contribution < -0.4 is 5.32 Å². The first-order valence-electron chi connectivity index (χ1n) is 10.7. The van der Waals surface area contributed by atoms with Crippen LogP contribution in [0.25, 0.3) is 11.3 Å². The first-order valence-corrected chi connectivity index (χ1v) is 11.1. The third kappa shape index (κ3) is 3.55. The van der Waals surface area contributed by atoms with E-state index in [0.717, 1.165) is 18.4 Å². The number of aliphatic hydroxyl groups is 1. The van der Waals surface area contributed by atoms with Crippen LogP contribution in [0.15, 0.2) is 30.5 Å². The summed E-state index contributed by atoms with van der Waals surface area (Å²) < 4.78 is 28.7. The maximum absolute atomic E-state index is 14.4. The molecule has 1 aromatic carbocycles. The van der Waals surface area contributed by atoms with Gasteiger partial charge in [-0.05, 0) is 55.4 Å². The second-order valence-corrected chi connectivity index (χ2v) is 8.76. The van der Waals surface area contributed by atoms with Crippen molar-refractivity contribution in [3.05, 3.63) is 69.9 Å². The van der Waals surface area contributed by atoms with Crippen LogP contribution in [0.2, 0.25) is 5.02 Å². The van der Waals surface area contributed by atoms with Crippen LogP contribution in [0, 0.1) is 11.6 Å². The van der Waals surface area contributed by atoms with Crippen LogP contribution in [0.1, 0.15) is 59.2 Å². The number of halogens is 3. The number of hydrogen-bond donors (Lipinski definition) is 2. The zero-order chi connectivity index (χ0) is 23.2. The summed E-state index contributed by atoms with van der Waals surface area (Å²) >= 11 is 6.52. The Morgan fingerprint density at radius 1 is 1.18 bits per heavy atom. The number of aliphatic hydroxyl groups excluding tert-OH is 1. The highest BCUT2D eigenvalue weighted by Crippen LogP contribution is 2.56. The van der Waals surface area contributed by atoms with E-state index in [0.29, 0.717) is 29.3 Å². The Morgan fingerprint density at radius 2 is 1.91 bits per heavy atom. The molecule has 3 aliphatic carbocycles. The molecule has 7 nitrogen and oxygen atoms in total. The molecule has 10 heteroatoms. The molecule has 2 bridgehead atoms. The molecule has 3 aliphatic rings. The highest BCUT2D eigenvalue weighted by molar-refractivity contribution is 6.31. The number of nitrogens with zero attached hydrogens (tertiary/aromatic N) is 4. The smallest absolute Gasteiger partial charge is 0.289 e. The summed E-state index contributed by atoms with van der Waals surface area (Å²) in [6.45, 7) is -0.123. The van der Waals surface area contributed by atoms with Crippen molar-refractivity contribution in [2.75, 3.05) is 13.2 Å². The van der Waals surface area contributed by atoms with Crippen molar-refractivity contribution >= 4 is 17.5 Å².